The van der Waals surface area contributed by atoms with Crippen LogP contribution in [-0.4, -0.2) is 0 Å². The van der Waals surface area contributed by atoms with Gasteiger partial charge in [-0.05, 0) is 68.4 Å². The SMILES string of the molecule is CC1(C)c2ccc(Nc3cccc(-c4ccccc4)c3)cc2-c2ccc3ccccc3c21. The lowest BCUT2D eigenvalue weighted by Crippen LogP contribution is -2.15. The average Bonchev–Trinajstić information content (AvgIpc) is 3.06. The molecular weight excluding hydrogens is 386 g/mol. The van der Waals surface area contributed by atoms with Gasteiger partial charge in [-0.15, -0.1) is 0 Å². The van der Waals surface area contributed by atoms with E-state index < -0.39 is 0 Å². The highest BCUT2D eigenvalue weighted by Gasteiger charge is 2.36. The summed E-state index contributed by atoms with van der Waals surface area (Å²) in [5, 5.41) is 6.31. The number of hydrogen-bond donors (Lipinski definition) is 1. The zero-order valence-electron chi connectivity index (χ0n) is 18.4. The van der Waals surface area contributed by atoms with Crippen LogP contribution < -0.4 is 5.32 Å². The molecule has 0 aromatic heterocycles. The molecule has 0 heterocycles. The van der Waals surface area contributed by atoms with Crippen molar-refractivity contribution in [2.75, 3.05) is 5.32 Å². The molecule has 6 rings (SSSR count). The van der Waals surface area contributed by atoms with Crippen LogP contribution in [0.2, 0.25) is 0 Å². The number of rotatable bonds is 3. The summed E-state index contributed by atoms with van der Waals surface area (Å²) in [4.78, 5) is 0. The van der Waals surface area contributed by atoms with Gasteiger partial charge in [0.05, 0.1) is 0 Å². The number of hydrogen-bond acceptors (Lipinski definition) is 1. The van der Waals surface area contributed by atoms with Crippen molar-refractivity contribution < 1.29 is 0 Å². The standard InChI is InChI=1S/C31H25N/c1-31(2)29-18-16-25(32-24-13-8-12-23(19-24)21-9-4-3-5-10-21)20-28(29)27-17-15-22-11-6-7-14-26(22)30(27)31/h3-20,32H,1-2H3. The highest BCUT2D eigenvalue weighted by atomic mass is 14.9. The molecule has 0 spiro atoms. The maximum Gasteiger partial charge on any atom is 0.0390 e. The molecule has 1 N–H and O–H groups in total. The molecule has 0 saturated heterocycles. The Hall–Kier alpha value is -3.84. The lowest BCUT2D eigenvalue weighted by Gasteiger charge is -2.23. The molecule has 0 aliphatic heterocycles. The molecule has 1 heteroatoms. The molecule has 1 aliphatic carbocycles. The molecule has 32 heavy (non-hydrogen) atoms. The number of nitrogens with one attached hydrogen (secondary N) is 1. The van der Waals surface area contributed by atoms with Crippen molar-refractivity contribution in [3.05, 3.63) is 120 Å². The van der Waals surface area contributed by atoms with E-state index in [-0.39, 0.29) is 5.41 Å². The molecule has 1 nitrogen and oxygen atoms in total. The van der Waals surface area contributed by atoms with Gasteiger partial charge >= 0.3 is 0 Å². The first-order chi connectivity index (χ1) is 15.6. The van der Waals surface area contributed by atoms with Crippen molar-refractivity contribution in [2.45, 2.75) is 19.3 Å². The van der Waals surface area contributed by atoms with E-state index in [1.54, 1.807) is 0 Å². The molecule has 0 fully saturated rings. The van der Waals surface area contributed by atoms with Gasteiger partial charge in [0.25, 0.3) is 0 Å². The first-order valence-electron chi connectivity index (χ1n) is 11.2. The highest BCUT2D eigenvalue weighted by molar-refractivity contribution is 5.98. The van der Waals surface area contributed by atoms with Crippen molar-refractivity contribution in [3.8, 4) is 22.3 Å². The van der Waals surface area contributed by atoms with E-state index in [1.165, 1.54) is 44.2 Å². The second-order valence-electron chi connectivity index (χ2n) is 9.17. The summed E-state index contributed by atoms with van der Waals surface area (Å²) < 4.78 is 0. The minimum atomic E-state index is -0.0166. The van der Waals surface area contributed by atoms with E-state index in [0.717, 1.165) is 11.4 Å². The van der Waals surface area contributed by atoms with Crippen LogP contribution >= 0.6 is 0 Å². The summed E-state index contributed by atoms with van der Waals surface area (Å²) in [6, 6.07) is 39.2. The number of benzene rings is 5. The third-order valence-corrected chi connectivity index (χ3v) is 6.80. The smallest absolute Gasteiger partial charge is 0.0390 e. The molecule has 1 aliphatic rings. The largest absolute Gasteiger partial charge is 0.355 e. The first kappa shape index (κ1) is 18.9. The van der Waals surface area contributed by atoms with Crippen LogP contribution in [0.5, 0.6) is 0 Å². The van der Waals surface area contributed by atoms with Gasteiger partial charge in [0, 0.05) is 16.8 Å². The quantitative estimate of drug-likeness (QED) is 0.313. The minimum Gasteiger partial charge on any atom is -0.355 e. The van der Waals surface area contributed by atoms with Crippen LogP contribution in [0.3, 0.4) is 0 Å². The zero-order chi connectivity index (χ0) is 21.7. The maximum atomic E-state index is 3.64. The van der Waals surface area contributed by atoms with E-state index >= 15 is 0 Å². The maximum absolute atomic E-state index is 3.64. The molecule has 0 saturated carbocycles. The van der Waals surface area contributed by atoms with Crippen molar-refractivity contribution in [1.29, 1.82) is 0 Å². The lowest BCUT2D eigenvalue weighted by molar-refractivity contribution is 0.666. The monoisotopic (exact) mass is 411 g/mol. The van der Waals surface area contributed by atoms with Crippen LogP contribution in [0.4, 0.5) is 11.4 Å². The van der Waals surface area contributed by atoms with Gasteiger partial charge in [0.15, 0.2) is 0 Å². The summed E-state index contributed by atoms with van der Waals surface area (Å²) in [5.41, 5.74) is 10.2. The fraction of sp³-hybridized carbons (Fsp3) is 0.0968. The Morgan fingerprint density at radius 2 is 1.31 bits per heavy atom. The van der Waals surface area contributed by atoms with Gasteiger partial charge < -0.3 is 5.32 Å². The fourth-order valence-electron chi connectivity index (χ4n) is 5.27. The molecule has 0 radical (unpaired) electrons. The van der Waals surface area contributed by atoms with Crippen LogP contribution in [0.15, 0.2) is 109 Å². The van der Waals surface area contributed by atoms with Crippen LogP contribution in [0.25, 0.3) is 33.0 Å². The molecule has 5 aromatic rings. The summed E-state index contributed by atoms with van der Waals surface area (Å²) in [5.74, 6) is 0. The topological polar surface area (TPSA) is 12.0 Å². The van der Waals surface area contributed by atoms with E-state index in [1.807, 2.05) is 0 Å². The Labute approximate surface area is 189 Å². The lowest BCUT2D eigenvalue weighted by atomic mass is 9.80. The molecule has 0 bridgehead atoms. The Bertz CT molecular complexity index is 1460. The Morgan fingerprint density at radius 3 is 2.19 bits per heavy atom. The van der Waals surface area contributed by atoms with Gasteiger partial charge in [0.1, 0.15) is 0 Å². The van der Waals surface area contributed by atoms with Crippen molar-refractivity contribution >= 4 is 22.1 Å². The number of fused-ring (bicyclic) bond motifs is 5. The van der Waals surface area contributed by atoms with E-state index in [4.69, 9.17) is 0 Å². The first-order valence-corrected chi connectivity index (χ1v) is 11.2. The zero-order valence-corrected chi connectivity index (χ0v) is 18.4. The number of anilines is 2. The summed E-state index contributed by atoms with van der Waals surface area (Å²) in [6.45, 7) is 4.70. The van der Waals surface area contributed by atoms with Gasteiger partial charge in [-0.3, -0.25) is 0 Å². The third-order valence-electron chi connectivity index (χ3n) is 6.80. The van der Waals surface area contributed by atoms with Gasteiger partial charge in [-0.25, -0.2) is 0 Å². The Morgan fingerprint density at radius 1 is 0.562 bits per heavy atom. The molecule has 5 aromatic carbocycles. The highest BCUT2D eigenvalue weighted by Crippen LogP contribution is 2.52. The fourth-order valence-corrected chi connectivity index (χ4v) is 5.27. The van der Waals surface area contributed by atoms with Crippen LogP contribution in [-0.2, 0) is 5.41 Å². The van der Waals surface area contributed by atoms with Crippen molar-refractivity contribution in [3.63, 3.8) is 0 Å². The molecular formula is C31H25N. The Kier molecular flexibility index (Phi) is 4.19. The Balaban J connectivity index is 1.41. The summed E-state index contributed by atoms with van der Waals surface area (Å²) in [7, 11) is 0. The van der Waals surface area contributed by atoms with Crippen molar-refractivity contribution in [2.24, 2.45) is 0 Å². The molecule has 0 unspecified atom stereocenters. The summed E-state index contributed by atoms with van der Waals surface area (Å²) in [6.07, 6.45) is 0. The van der Waals surface area contributed by atoms with E-state index in [9.17, 15) is 0 Å². The van der Waals surface area contributed by atoms with E-state index in [0.29, 0.717) is 0 Å². The normalized spacial score (nSPS) is 13.6. The van der Waals surface area contributed by atoms with Crippen LogP contribution in [0.1, 0.15) is 25.0 Å². The van der Waals surface area contributed by atoms with Gasteiger partial charge in [-0.2, -0.15) is 0 Å². The van der Waals surface area contributed by atoms with Gasteiger partial charge in [0.2, 0.25) is 0 Å². The second-order valence-corrected chi connectivity index (χ2v) is 9.17. The van der Waals surface area contributed by atoms with E-state index in [2.05, 4.69) is 128 Å². The average molecular weight is 412 g/mol. The predicted octanol–water partition coefficient (Wildman–Crippen LogP) is 8.56. The van der Waals surface area contributed by atoms with Crippen molar-refractivity contribution in [1.82, 2.24) is 0 Å². The van der Waals surface area contributed by atoms with Gasteiger partial charge in [-0.1, -0.05) is 98.8 Å². The molecule has 0 amide bonds. The molecule has 154 valence electrons. The minimum absolute atomic E-state index is 0.0166. The predicted molar refractivity (Wildman–Crippen MR) is 137 cm³/mol. The second kappa shape index (κ2) is 7.10. The third kappa shape index (κ3) is 2.93. The summed E-state index contributed by atoms with van der Waals surface area (Å²) >= 11 is 0. The van der Waals surface area contributed by atoms with Crippen LogP contribution in [0, 0.1) is 0 Å². The molecule has 0 atom stereocenters.